The third-order valence-corrected chi connectivity index (χ3v) is 14.5. The van der Waals surface area contributed by atoms with Gasteiger partial charge in [-0.05, 0) is 139 Å². The van der Waals surface area contributed by atoms with Crippen molar-refractivity contribution in [3.8, 4) is 44.5 Å². The molecule has 0 fully saturated rings. The van der Waals surface area contributed by atoms with E-state index in [1.54, 1.807) is 0 Å². The van der Waals surface area contributed by atoms with Gasteiger partial charge >= 0.3 is 0 Å². The highest BCUT2D eigenvalue weighted by molar-refractivity contribution is 6.12. The first-order valence-electron chi connectivity index (χ1n) is 22.0. The van der Waals surface area contributed by atoms with Crippen LogP contribution in [-0.2, 0) is 17.3 Å². The van der Waals surface area contributed by atoms with Crippen LogP contribution in [0.15, 0.2) is 205 Å². The van der Waals surface area contributed by atoms with Crippen LogP contribution in [-0.4, -0.2) is 0 Å². The Bertz CT molecular complexity index is 3460. The monoisotopic (exact) mass is 793 g/mol. The third-order valence-electron chi connectivity index (χ3n) is 14.5. The molecular weight excluding hydrogens is 751 g/mol. The lowest BCUT2D eigenvalue weighted by molar-refractivity contribution is 0.626. The van der Waals surface area contributed by atoms with E-state index in [-0.39, 0.29) is 10.8 Å². The zero-order chi connectivity index (χ0) is 41.2. The van der Waals surface area contributed by atoms with Crippen LogP contribution in [0.25, 0.3) is 66.4 Å². The molecule has 1 atom stereocenters. The van der Waals surface area contributed by atoms with E-state index >= 15 is 0 Å². The smallest absolute Gasteiger partial charge is 0.136 e. The first-order valence-corrected chi connectivity index (χ1v) is 22.0. The number of rotatable bonds is 5. The summed E-state index contributed by atoms with van der Waals surface area (Å²) in [7, 11) is 0. The number of anilines is 3. The molecule has 2 heteroatoms. The van der Waals surface area contributed by atoms with Crippen molar-refractivity contribution in [1.29, 1.82) is 0 Å². The summed E-state index contributed by atoms with van der Waals surface area (Å²) in [5, 5.41) is 2.29. The topological polar surface area (TPSA) is 16.4 Å². The van der Waals surface area contributed by atoms with Crippen LogP contribution in [0.4, 0.5) is 17.1 Å². The Hall–Kier alpha value is -7.42. The predicted octanol–water partition coefficient (Wildman–Crippen LogP) is 16.0. The molecule has 0 N–H and O–H groups in total. The quantitative estimate of drug-likeness (QED) is 0.173. The van der Waals surface area contributed by atoms with Crippen LogP contribution in [0.3, 0.4) is 0 Å². The predicted molar refractivity (Wildman–Crippen MR) is 257 cm³/mol. The second-order valence-corrected chi connectivity index (χ2v) is 17.9. The van der Waals surface area contributed by atoms with Gasteiger partial charge in [-0.3, -0.25) is 0 Å². The Morgan fingerprint density at radius 3 is 1.90 bits per heavy atom. The van der Waals surface area contributed by atoms with Gasteiger partial charge < -0.3 is 9.32 Å². The van der Waals surface area contributed by atoms with Crippen molar-refractivity contribution in [3.05, 3.63) is 234 Å². The van der Waals surface area contributed by atoms with Gasteiger partial charge in [0.2, 0.25) is 0 Å². The summed E-state index contributed by atoms with van der Waals surface area (Å²) in [6.07, 6.45) is 2.14. The van der Waals surface area contributed by atoms with Crippen LogP contribution in [0.5, 0.6) is 0 Å². The number of fused-ring (bicyclic) bond motifs is 13. The lowest BCUT2D eigenvalue weighted by atomic mass is 9.73. The Morgan fingerprint density at radius 2 is 1.03 bits per heavy atom. The molecule has 9 aromatic carbocycles. The molecule has 1 aromatic heterocycles. The SMILES string of the molecule is CC1(C)c2ccccc2-c2cccc(-c3cccc(N(c4ccc(-c5cccc6oc7ccccc7c56)cc4)c4ccc5c(c4)C4(CCc6ccccc64)c4ccccc4-5)c3)c21. The second kappa shape index (κ2) is 13.0. The molecule has 0 saturated carbocycles. The zero-order valence-corrected chi connectivity index (χ0v) is 34.8. The van der Waals surface area contributed by atoms with Crippen LogP contribution in [0.2, 0.25) is 0 Å². The minimum Gasteiger partial charge on any atom is -0.456 e. The highest BCUT2D eigenvalue weighted by Crippen LogP contribution is 2.59. The molecule has 1 spiro atoms. The van der Waals surface area contributed by atoms with Crippen molar-refractivity contribution in [2.24, 2.45) is 0 Å². The lowest BCUT2D eigenvalue weighted by Crippen LogP contribution is -2.24. The third kappa shape index (κ3) is 4.86. The number of aryl methyl sites for hydroxylation is 1. The van der Waals surface area contributed by atoms with Gasteiger partial charge in [-0.1, -0.05) is 166 Å². The molecule has 0 aliphatic heterocycles. The number of furan rings is 1. The van der Waals surface area contributed by atoms with Crippen molar-refractivity contribution in [2.45, 2.75) is 37.5 Å². The summed E-state index contributed by atoms with van der Waals surface area (Å²) in [5.41, 5.74) is 23.6. The molecule has 0 bridgehead atoms. The number of benzene rings is 9. The molecule has 3 aliphatic rings. The Balaban J connectivity index is 0.999. The molecule has 1 unspecified atom stereocenters. The van der Waals surface area contributed by atoms with E-state index in [9.17, 15) is 0 Å². The van der Waals surface area contributed by atoms with Gasteiger partial charge in [0, 0.05) is 38.7 Å². The fraction of sp³-hybridized carbons (Fsp3) is 0.100. The van der Waals surface area contributed by atoms with Crippen LogP contribution in [0.1, 0.15) is 53.6 Å². The maximum absolute atomic E-state index is 6.31. The van der Waals surface area contributed by atoms with E-state index in [2.05, 4.69) is 213 Å². The average Bonchev–Trinajstić information content (AvgIpc) is 4.05. The van der Waals surface area contributed by atoms with E-state index in [1.165, 1.54) is 72.3 Å². The van der Waals surface area contributed by atoms with Crippen molar-refractivity contribution < 1.29 is 4.42 Å². The minimum atomic E-state index is -0.187. The van der Waals surface area contributed by atoms with Gasteiger partial charge in [-0.25, -0.2) is 0 Å². The number of nitrogens with zero attached hydrogens (tertiary/aromatic N) is 1. The average molecular weight is 794 g/mol. The van der Waals surface area contributed by atoms with E-state index in [0.717, 1.165) is 57.4 Å². The lowest BCUT2D eigenvalue weighted by Gasteiger charge is -2.31. The van der Waals surface area contributed by atoms with Crippen molar-refractivity contribution in [3.63, 3.8) is 0 Å². The van der Waals surface area contributed by atoms with Gasteiger partial charge in [0.05, 0.1) is 0 Å². The maximum Gasteiger partial charge on any atom is 0.136 e. The number of hydrogen-bond acceptors (Lipinski definition) is 2. The summed E-state index contributed by atoms with van der Waals surface area (Å²) in [4.78, 5) is 2.47. The van der Waals surface area contributed by atoms with Gasteiger partial charge in [-0.2, -0.15) is 0 Å². The summed E-state index contributed by atoms with van der Waals surface area (Å²) < 4.78 is 6.31. The maximum atomic E-state index is 6.31. The molecule has 2 nitrogen and oxygen atoms in total. The Kier molecular flexibility index (Phi) is 7.43. The molecule has 62 heavy (non-hydrogen) atoms. The van der Waals surface area contributed by atoms with E-state index in [4.69, 9.17) is 4.42 Å². The van der Waals surface area contributed by atoms with Crippen molar-refractivity contribution >= 4 is 39.0 Å². The van der Waals surface area contributed by atoms with Gasteiger partial charge in [0.1, 0.15) is 11.2 Å². The van der Waals surface area contributed by atoms with Gasteiger partial charge in [0.15, 0.2) is 0 Å². The first-order chi connectivity index (χ1) is 30.5. The molecular formula is C60H43NO. The highest BCUT2D eigenvalue weighted by Gasteiger charge is 2.48. The first kappa shape index (κ1) is 35.3. The molecule has 0 amide bonds. The molecule has 1 heterocycles. The van der Waals surface area contributed by atoms with E-state index in [0.29, 0.717) is 0 Å². The zero-order valence-electron chi connectivity index (χ0n) is 34.8. The standard InChI is InChI=1S/C60H43NO/c1-59(2)52-24-8-4-18-47(52)49-22-12-21-45(58(49)59)40-15-11-16-42(36-40)61(41-30-28-38(29-31-41)44-20-13-27-56-57(44)50-19-6-10-26-55(50)62-56)43-32-33-48-46-17-5-9-25-53(46)60(54(48)37-43)35-34-39-14-3-7-23-51(39)60/h3-33,36-37H,34-35H2,1-2H3. The number of hydrogen-bond donors (Lipinski definition) is 0. The van der Waals surface area contributed by atoms with Crippen molar-refractivity contribution in [1.82, 2.24) is 0 Å². The van der Waals surface area contributed by atoms with Crippen molar-refractivity contribution in [2.75, 3.05) is 4.90 Å². The second-order valence-electron chi connectivity index (χ2n) is 17.9. The summed E-state index contributed by atoms with van der Waals surface area (Å²) in [6.45, 7) is 4.76. The minimum absolute atomic E-state index is 0.127. The van der Waals surface area contributed by atoms with Crippen LogP contribution in [0, 0.1) is 0 Å². The largest absolute Gasteiger partial charge is 0.456 e. The molecule has 0 saturated heterocycles. The summed E-state index contributed by atoms with van der Waals surface area (Å²) in [5.74, 6) is 0. The van der Waals surface area contributed by atoms with E-state index in [1.807, 2.05) is 6.07 Å². The number of para-hydroxylation sites is 1. The summed E-state index contributed by atoms with van der Waals surface area (Å²) in [6, 6.07) is 74.4. The highest BCUT2D eigenvalue weighted by atomic mass is 16.3. The van der Waals surface area contributed by atoms with Gasteiger partial charge in [0.25, 0.3) is 0 Å². The summed E-state index contributed by atoms with van der Waals surface area (Å²) >= 11 is 0. The van der Waals surface area contributed by atoms with Gasteiger partial charge in [-0.15, -0.1) is 0 Å². The molecule has 10 aromatic rings. The fourth-order valence-electron chi connectivity index (χ4n) is 11.8. The van der Waals surface area contributed by atoms with Crippen LogP contribution >= 0.6 is 0 Å². The molecule has 294 valence electrons. The molecule has 0 radical (unpaired) electrons. The molecule has 3 aliphatic carbocycles. The fourth-order valence-corrected chi connectivity index (χ4v) is 11.8. The Labute approximate surface area is 362 Å². The normalized spacial score (nSPS) is 16.3. The Morgan fingerprint density at radius 1 is 0.419 bits per heavy atom. The molecule has 13 rings (SSSR count). The van der Waals surface area contributed by atoms with E-state index < -0.39 is 0 Å². The van der Waals surface area contributed by atoms with Crippen LogP contribution < -0.4 is 4.90 Å².